The lowest BCUT2D eigenvalue weighted by atomic mass is 10.2. The number of para-hydroxylation sites is 1. The molecule has 0 spiro atoms. The maximum atomic E-state index is 13.5. The number of nitrogens with one attached hydrogen (secondary N) is 1. The van der Waals surface area contributed by atoms with Crippen molar-refractivity contribution in [1.82, 2.24) is 0 Å². The van der Waals surface area contributed by atoms with Crippen LogP contribution in [0.2, 0.25) is 0 Å². The number of anilines is 1. The molecular weight excluding hydrogens is 325 g/mol. The van der Waals surface area contributed by atoms with E-state index in [1.54, 1.807) is 24.3 Å². The molecule has 0 fully saturated rings. The summed E-state index contributed by atoms with van der Waals surface area (Å²) in [7, 11) is 0. The highest BCUT2D eigenvalue weighted by atomic mass is 32.1. The molecule has 24 heavy (non-hydrogen) atoms. The number of hydrogen-bond acceptors (Lipinski definition) is 3. The number of carbonyl (C=O) groups is 1. The van der Waals surface area contributed by atoms with Gasteiger partial charge in [0.2, 0.25) is 0 Å². The summed E-state index contributed by atoms with van der Waals surface area (Å²) in [6, 6.07) is 15.6. The van der Waals surface area contributed by atoms with Gasteiger partial charge >= 0.3 is 0 Å². The zero-order valence-electron chi connectivity index (χ0n) is 13.1. The van der Waals surface area contributed by atoms with E-state index in [0.717, 1.165) is 16.8 Å². The Morgan fingerprint density at radius 3 is 2.79 bits per heavy atom. The van der Waals surface area contributed by atoms with Crippen molar-refractivity contribution in [3.63, 3.8) is 0 Å². The van der Waals surface area contributed by atoms with Crippen molar-refractivity contribution < 1.29 is 13.9 Å². The number of rotatable bonds is 5. The standard InChI is InChI=1S/C19H16FNO2S/c1-13-5-4-6-15(9-13)21-19(22)18-10-14(12-24-18)11-23-17-8-3-2-7-16(17)20/h2-10,12H,11H2,1H3,(H,21,22). The molecule has 3 nitrogen and oxygen atoms in total. The van der Waals surface area contributed by atoms with Gasteiger partial charge in [-0.05, 0) is 48.2 Å². The van der Waals surface area contributed by atoms with E-state index in [1.165, 1.54) is 17.4 Å². The van der Waals surface area contributed by atoms with Crippen LogP contribution in [0.1, 0.15) is 20.8 Å². The summed E-state index contributed by atoms with van der Waals surface area (Å²) in [5.41, 5.74) is 2.67. The zero-order chi connectivity index (χ0) is 16.9. The van der Waals surface area contributed by atoms with Gasteiger partial charge in [-0.1, -0.05) is 24.3 Å². The fourth-order valence-corrected chi connectivity index (χ4v) is 3.00. The van der Waals surface area contributed by atoms with Crippen LogP contribution >= 0.6 is 11.3 Å². The number of benzene rings is 2. The molecule has 5 heteroatoms. The van der Waals surface area contributed by atoms with Crippen molar-refractivity contribution in [2.45, 2.75) is 13.5 Å². The SMILES string of the molecule is Cc1cccc(NC(=O)c2cc(COc3ccccc3F)cs2)c1. The largest absolute Gasteiger partial charge is 0.486 e. The lowest BCUT2D eigenvalue weighted by Crippen LogP contribution is -2.10. The van der Waals surface area contributed by atoms with Crippen molar-refractivity contribution in [3.8, 4) is 5.75 Å². The summed E-state index contributed by atoms with van der Waals surface area (Å²) < 4.78 is 19.0. The van der Waals surface area contributed by atoms with Gasteiger partial charge in [-0.25, -0.2) is 4.39 Å². The number of ether oxygens (including phenoxy) is 1. The third-order valence-corrected chi connectivity index (χ3v) is 4.36. The van der Waals surface area contributed by atoms with Gasteiger partial charge in [0.15, 0.2) is 11.6 Å². The van der Waals surface area contributed by atoms with Gasteiger partial charge in [-0.2, -0.15) is 0 Å². The Bertz CT molecular complexity index is 860. The highest BCUT2D eigenvalue weighted by Gasteiger charge is 2.10. The minimum Gasteiger partial charge on any atom is -0.486 e. The summed E-state index contributed by atoms with van der Waals surface area (Å²) in [6.45, 7) is 2.19. The molecule has 1 N–H and O–H groups in total. The van der Waals surface area contributed by atoms with Gasteiger partial charge in [0, 0.05) is 11.3 Å². The molecule has 1 amide bonds. The van der Waals surface area contributed by atoms with Gasteiger partial charge in [0.1, 0.15) is 6.61 Å². The Kier molecular flexibility index (Phi) is 4.91. The molecular formula is C19H16FNO2S. The second kappa shape index (κ2) is 7.27. The third-order valence-electron chi connectivity index (χ3n) is 3.38. The third kappa shape index (κ3) is 4.00. The fraction of sp³-hybridized carbons (Fsp3) is 0.105. The Morgan fingerprint density at radius 2 is 2.00 bits per heavy atom. The van der Waals surface area contributed by atoms with Crippen molar-refractivity contribution in [3.05, 3.63) is 81.8 Å². The minimum absolute atomic E-state index is 0.164. The first kappa shape index (κ1) is 16.2. The van der Waals surface area contributed by atoms with E-state index in [0.29, 0.717) is 4.88 Å². The molecule has 0 aliphatic heterocycles. The number of hydrogen-bond donors (Lipinski definition) is 1. The lowest BCUT2D eigenvalue weighted by Gasteiger charge is -2.05. The molecule has 0 aliphatic rings. The molecule has 3 rings (SSSR count). The van der Waals surface area contributed by atoms with Gasteiger partial charge < -0.3 is 10.1 Å². The first-order valence-electron chi connectivity index (χ1n) is 7.44. The minimum atomic E-state index is -0.398. The Hall–Kier alpha value is -2.66. The number of aryl methyl sites for hydroxylation is 1. The van der Waals surface area contributed by atoms with Crippen LogP contribution in [-0.4, -0.2) is 5.91 Å². The molecule has 0 saturated carbocycles. The van der Waals surface area contributed by atoms with Gasteiger partial charge in [-0.3, -0.25) is 4.79 Å². The van der Waals surface area contributed by atoms with Crippen molar-refractivity contribution in [2.24, 2.45) is 0 Å². The van der Waals surface area contributed by atoms with Crippen LogP contribution in [0.4, 0.5) is 10.1 Å². The number of carbonyl (C=O) groups excluding carboxylic acids is 1. The van der Waals surface area contributed by atoms with E-state index in [1.807, 2.05) is 36.6 Å². The molecule has 0 saturated heterocycles. The van der Waals surface area contributed by atoms with Crippen LogP contribution in [0, 0.1) is 12.7 Å². The highest BCUT2D eigenvalue weighted by Crippen LogP contribution is 2.21. The normalized spacial score (nSPS) is 10.4. The van der Waals surface area contributed by atoms with Crippen LogP contribution in [-0.2, 0) is 6.61 Å². The fourth-order valence-electron chi connectivity index (χ4n) is 2.21. The van der Waals surface area contributed by atoms with E-state index < -0.39 is 5.82 Å². The Labute approximate surface area is 143 Å². The van der Waals surface area contributed by atoms with Gasteiger partial charge in [-0.15, -0.1) is 11.3 Å². The van der Waals surface area contributed by atoms with E-state index in [4.69, 9.17) is 4.74 Å². The Morgan fingerprint density at radius 1 is 1.17 bits per heavy atom. The number of halogens is 1. The Balaban J connectivity index is 1.62. The van der Waals surface area contributed by atoms with Crippen LogP contribution in [0.15, 0.2) is 60.0 Å². The molecule has 0 unspecified atom stereocenters. The monoisotopic (exact) mass is 341 g/mol. The molecule has 0 aliphatic carbocycles. The predicted molar refractivity (Wildman–Crippen MR) is 94.2 cm³/mol. The molecule has 0 radical (unpaired) electrons. The maximum Gasteiger partial charge on any atom is 0.265 e. The van der Waals surface area contributed by atoms with Crippen molar-refractivity contribution in [2.75, 3.05) is 5.32 Å². The molecule has 122 valence electrons. The van der Waals surface area contributed by atoms with E-state index in [-0.39, 0.29) is 18.3 Å². The summed E-state index contributed by atoms with van der Waals surface area (Å²) >= 11 is 1.33. The molecule has 0 atom stereocenters. The molecule has 2 aromatic carbocycles. The molecule has 3 aromatic rings. The van der Waals surface area contributed by atoms with Crippen LogP contribution in [0.5, 0.6) is 5.75 Å². The van der Waals surface area contributed by atoms with Gasteiger partial charge in [0.05, 0.1) is 4.88 Å². The summed E-state index contributed by atoms with van der Waals surface area (Å²) in [6.07, 6.45) is 0. The van der Waals surface area contributed by atoms with Crippen molar-refractivity contribution in [1.29, 1.82) is 0 Å². The van der Waals surface area contributed by atoms with Crippen molar-refractivity contribution >= 4 is 22.9 Å². The zero-order valence-corrected chi connectivity index (χ0v) is 13.9. The summed E-state index contributed by atoms with van der Waals surface area (Å²) in [5.74, 6) is -0.359. The molecule has 0 bridgehead atoms. The van der Waals surface area contributed by atoms with Crippen LogP contribution < -0.4 is 10.1 Å². The van der Waals surface area contributed by atoms with Crippen LogP contribution in [0.25, 0.3) is 0 Å². The van der Waals surface area contributed by atoms with E-state index >= 15 is 0 Å². The topological polar surface area (TPSA) is 38.3 Å². The summed E-state index contributed by atoms with van der Waals surface area (Å²) in [5, 5.41) is 4.71. The predicted octanol–water partition coefficient (Wildman–Crippen LogP) is 5.03. The average molecular weight is 341 g/mol. The average Bonchev–Trinajstić information content (AvgIpc) is 3.03. The van der Waals surface area contributed by atoms with E-state index in [2.05, 4.69) is 5.32 Å². The first-order chi connectivity index (χ1) is 11.6. The lowest BCUT2D eigenvalue weighted by molar-refractivity contribution is 0.103. The highest BCUT2D eigenvalue weighted by molar-refractivity contribution is 7.12. The second-order valence-electron chi connectivity index (χ2n) is 5.36. The summed E-state index contributed by atoms with van der Waals surface area (Å²) in [4.78, 5) is 12.9. The molecule has 1 aromatic heterocycles. The van der Waals surface area contributed by atoms with E-state index in [9.17, 15) is 9.18 Å². The van der Waals surface area contributed by atoms with Crippen LogP contribution in [0.3, 0.4) is 0 Å². The number of thiophene rings is 1. The second-order valence-corrected chi connectivity index (χ2v) is 6.27. The smallest absolute Gasteiger partial charge is 0.265 e. The maximum absolute atomic E-state index is 13.5. The quantitative estimate of drug-likeness (QED) is 0.707. The number of amides is 1. The first-order valence-corrected chi connectivity index (χ1v) is 8.32. The molecule has 1 heterocycles. The van der Waals surface area contributed by atoms with Gasteiger partial charge in [0.25, 0.3) is 5.91 Å².